The van der Waals surface area contributed by atoms with Crippen LogP contribution in [0.15, 0.2) is 18.2 Å². The standard InChI is InChI=1S/C13H18O2/c1-10-7-11(3-4-12(10)15-2)8-13(9-14)5-6-13/h3-4,7,14H,5-6,8-9H2,1-2H3. The summed E-state index contributed by atoms with van der Waals surface area (Å²) in [5.74, 6) is 0.938. The molecular formula is C13H18O2. The average Bonchev–Trinajstić information content (AvgIpc) is 2.99. The van der Waals surface area contributed by atoms with Gasteiger partial charge in [0.15, 0.2) is 0 Å². The first-order valence-corrected chi connectivity index (χ1v) is 5.43. The van der Waals surface area contributed by atoms with Crippen molar-refractivity contribution in [2.45, 2.75) is 26.2 Å². The van der Waals surface area contributed by atoms with Crippen LogP contribution < -0.4 is 4.74 Å². The van der Waals surface area contributed by atoms with Crippen LogP contribution in [0.4, 0.5) is 0 Å². The van der Waals surface area contributed by atoms with Gasteiger partial charge in [-0.3, -0.25) is 0 Å². The molecule has 1 aromatic rings. The van der Waals surface area contributed by atoms with Gasteiger partial charge in [0.2, 0.25) is 0 Å². The highest BCUT2D eigenvalue weighted by molar-refractivity contribution is 5.36. The summed E-state index contributed by atoms with van der Waals surface area (Å²) in [4.78, 5) is 0. The number of methoxy groups -OCH3 is 1. The van der Waals surface area contributed by atoms with Crippen molar-refractivity contribution in [1.82, 2.24) is 0 Å². The molecule has 1 N–H and O–H groups in total. The van der Waals surface area contributed by atoms with Crippen LogP contribution in [0.5, 0.6) is 5.75 Å². The quantitative estimate of drug-likeness (QED) is 0.819. The van der Waals surface area contributed by atoms with Crippen LogP contribution in [0.3, 0.4) is 0 Å². The predicted molar refractivity (Wildman–Crippen MR) is 60.2 cm³/mol. The zero-order chi connectivity index (χ0) is 10.9. The number of aliphatic hydroxyl groups is 1. The van der Waals surface area contributed by atoms with Gasteiger partial charge >= 0.3 is 0 Å². The Morgan fingerprint density at radius 2 is 2.13 bits per heavy atom. The number of ether oxygens (including phenoxy) is 1. The minimum Gasteiger partial charge on any atom is -0.496 e. The molecule has 0 aromatic heterocycles. The average molecular weight is 206 g/mol. The molecule has 0 aliphatic heterocycles. The molecule has 0 unspecified atom stereocenters. The summed E-state index contributed by atoms with van der Waals surface area (Å²) in [6, 6.07) is 6.27. The van der Waals surface area contributed by atoms with Crippen molar-refractivity contribution in [2.75, 3.05) is 13.7 Å². The summed E-state index contributed by atoms with van der Waals surface area (Å²) in [6.07, 6.45) is 3.32. The van der Waals surface area contributed by atoms with Crippen molar-refractivity contribution in [1.29, 1.82) is 0 Å². The first kappa shape index (κ1) is 10.5. The van der Waals surface area contributed by atoms with E-state index in [0.29, 0.717) is 6.61 Å². The second-order valence-electron chi connectivity index (χ2n) is 4.64. The van der Waals surface area contributed by atoms with Gasteiger partial charge in [0, 0.05) is 6.61 Å². The van der Waals surface area contributed by atoms with E-state index in [-0.39, 0.29) is 5.41 Å². The number of rotatable bonds is 4. The maximum Gasteiger partial charge on any atom is 0.121 e. The van der Waals surface area contributed by atoms with Gasteiger partial charge in [-0.25, -0.2) is 0 Å². The smallest absolute Gasteiger partial charge is 0.121 e. The van der Waals surface area contributed by atoms with Crippen LogP contribution in [0.2, 0.25) is 0 Å². The second kappa shape index (κ2) is 3.86. The van der Waals surface area contributed by atoms with E-state index in [9.17, 15) is 5.11 Å². The van der Waals surface area contributed by atoms with Crippen molar-refractivity contribution in [3.05, 3.63) is 29.3 Å². The third-order valence-electron chi connectivity index (χ3n) is 3.33. The van der Waals surface area contributed by atoms with Crippen LogP contribution in [0.1, 0.15) is 24.0 Å². The molecule has 2 rings (SSSR count). The van der Waals surface area contributed by atoms with E-state index >= 15 is 0 Å². The van der Waals surface area contributed by atoms with E-state index < -0.39 is 0 Å². The van der Waals surface area contributed by atoms with Gasteiger partial charge in [-0.1, -0.05) is 12.1 Å². The summed E-state index contributed by atoms with van der Waals surface area (Å²) in [6.45, 7) is 2.37. The van der Waals surface area contributed by atoms with Gasteiger partial charge in [-0.05, 0) is 48.8 Å². The van der Waals surface area contributed by atoms with E-state index in [1.54, 1.807) is 7.11 Å². The molecule has 1 aliphatic carbocycles. The number of aliphatic hydroxyl groups excluding tert-OH is 1. The second-order valence-corrected chi connectivity index (χ2v) is 4.64. The SMILES string of the molecule is COc1ccc(CC2(CO)CC2)cc1C. The molecule has 0 heterocycles. The minimum absolute atomic E-state index is 0.195. The molecular weight excluding hydrogens is 188 g/mol. The molecule has 0 saturated heterocycles. The van der Waals surface area contributed by atoms with E-state index in [0.717, 1.165) is 25.0 Å². The fourth-order valence-corrected chi connectivity index (χ4v) is 2.05. The molecule has 0 atom stereocenters. The molecule has 0 spiro atoms. The maximum absolute atomic E-state index is 9.26. The van der Waals surface area contributed by atoms with Crippen molar-refractivity contribution in [3.8, 4) is 5.75 Å². The van der Waals surface area contributed by atoms with Crippen LogP contribution in [0, 0.1) is 12.3 Å². The van der Waals surface area contributed by atoms with Crippen molar-refractivity contribution < 1.29 is 9.84 Å². The molecule has 1 aliphatic rings. The Bertz CT molecular complexity index is 354. The van der Waals surface area contributed by atoms with Crippen molar-refractivity contribution in [2.24, 2.45) is 5.41 Å². The molecule has 1 fully saturated rings. The number of aryl methyl sites for hydroxylation is 1. The van der Waals surface area contributed by atoms with Gasteiger partial charge in [-0.15, -0.1) is 0 Å². The molecule has 82 valence electrons. The van der Waals surface area contributed by atoms with Gasteiger partial charge < -0.3 is 9.84 Å². The Hall–Kier alpha value is -1.02. The van der Waals surface area contributed by atoms with Gasteiger partial charge in [0.05, 0.1) is 7.11 Å². The molecule has 0 amide bonds. The summed E-state index contributed by atoms with van der Waals surface area (Å²) < 4.78 is 5.22. The zero-order valence-corrected chi connectivity index (χ0v) is 9.42. The molecule has 1 saturated carbocycles. The summed E-state index contributed by atoms with van der Waals surface area (Å²) >= 11 is 0. The minimum atomic E-state index is 0.195. The Morgan fingerprint density at radius 1 is 1.40 bits per heavy atom. The lowest BCUT2D eigenvalue weighted by molar-refractivity contribution is 0.211. The van der Waals surface area contributed by atoms with Gasteiger partial charge in [-0.2, -0.15) is 0 Å². The molecule has 1 aromatic carbocycles. The van der Waals surface area contributed by atoms with Crippen LogP contribution >= 0.6 is 0 Å². The molecule has 2 heteroatoms. The summed E-state index contributed by atoms with van der Waals surface area (Å²) in [5.41, 5.74) is 2.67. The van der Waals surface area contributed by atoms with E-state index in [2.05, 4.69) is 19.1 Å². The monoisotopic (exact) mass is 206 g/mol. The highest BCUT2D eigenvalue weighted by Crippen LogP contribution is 2.47. The third-order valence-corrected chi connectivity index (χ3v) is 3.33. The number of hydrogen-bond donors (Lipinski definition) is 1. The summed E-state index contributed by atoms with van der Waals surface area (Å²) in [7, 11) is 1.69. The highest BCUT2D eigenvalue weighted by atomic mass is 16.5. The largest absolute Gasteiger partial charge is 0.496 e. The Morgan fingerprint density at radius 3 is 2.60 bits per heavy atom. The topological polar surface area (TPSA) is 29.5 Å². The van der Waals surface area contributed by atoms with Crippen LogP contribution in [0.25, 0.3) is 0 Å². The normalized spacial score (nSPS) is 17.5. The first-order chi connectivity index (χ1) is 7.19. The lowest BCUT2D eigenvalue weighted by atomic mass is 9.96. The highest BCUT2D eigenvalue weighted by Gasteiger charge is 2.41. The Balaban J connectivity index is 2.13. The zero-order valence-electron chi connectivity index (χ0n) is 9.42. The lowest BCUT2D eigenvalue weighted by Gasteiger charge is -2.13. The Kier molecular flexibility index (Phi) is 2.70. The van der Waals surface area contributed by atoms with Crippen LogP contribution in [-0.2, 0) is 6.42 Å². The molecule has 2 nitrogen and oxygen atoms in total. The fourth-order valence-electron chi connectivity index (χ4n) is 2.05. The van der Waals surface area contributed by atoms with E-state index in [1.165, 1.54) is 11.1 Å². The van der Waals surface area contributed by atoms with Crippen LogP contribution in [-0.4, -0.2) is 18.8 Å². The van der Waals surface area contributed by atoms with Gasteiger partial charge in [0.25, 0.3) is 0 Å². The fraction of sp³-hybridized carbons (Fsp3) is 0.538. The summed E-state index contributed by atoms with van der Waals surface area (Å²) in [5, 5.41) is 9.26. The third kappa shape index (κ3) is 2.15. The van der Waals surface area contributed by atoms with E-state index in [1.807, 2.05) is 6.07 Å². The Labute approximate surface area is 90.9 Å². The maximum atomic E-state index is 9.26. The number of benzene rings is 1. The first-order valence-electron chi connectivity index (χ1n) is 5.43. The number of hydrogen-bond acceptors (Lipinski definition) is 2. The van der Waals surface area contributed by atoms with Crippen molar-refractivity contribution >= 4 is 0 Å². The molecule has 0 bridgehead atoms. The lowest BCUT2D eigenvalue weighted by Crippen LogP contribution is -2.10. The molecule has 15 heavy (non-hydrogen) atoms. The molecule has 0 radical (unpaired) electrons. The van der Waals surface area contributed by atoms with Crippen molar-refractivity contribution in [3.63, 3.8) is 0 Å². The van der Waals surface area contributed by atoms with Gasteiger partial charge in [0.1, 0.15) is 5.75 Å². The predicted octanol–water partition coefficient (Wildman–Crippen LogP) is 2.32. The van der Waals surface area contributed by atoms with E-state index in [4.69, 9.17) is 4.74 Å².